The number of carbonyl (C=O) groups excluding carboxylic acids is 2. The summed E-state index contributed by atoms with van der Waals surface area (Å²) >= 11 is 0. The summed E-state index contributed by atoms with van der Waals surface area (Å²) in [4.78, 5) is 23.4. The molecule has 22 heavy (non-hydrogen) atoms. The van der Waals surface area contributed by atoms with Gasteiger partial charge in [-0.3, -0.25) is 4.79 Å². The van der Waals surface area contributed by atoms with E-state index in [1.807, 2.05) is 0 Å². The highest BCUT2D eigenvalue weighted by Gasteiger charge is 2.25. The van der Waals surface area contributed by atoms with Gasteiger partial charge in [0.2, 0.25) is 0 Å². The zero-order chi connectivity index (χ0) is 15.4. The van der Waals surface area contributed by atoms with E-state index in [-0.39, 0.29) is 6.61 Å². The number of carbonyl (C=O) groups is 2. The van der Waals surface area contributed by atoms with Crippen LogP contribution in [0.25, 0.3) is 0 Å². The van der Waals surface area contributed by atoms with Crippen LogP contribution in [0.2, 0.25) is 0 Å². The molecule has 0 radical (unpaired) electrons. The molecular weight excluding hydrogens is 290 g/mol. The monoisotopic (exact) mass is 307 g/mol. The Kier molecular flexibility index (Phi) is 4.43. The van der Waals surface area contributed by atoms with Gasteiger partial charge in [-0.25, -0.2) is 4.79 Å². The molecule has 0 aromatic heterocycles. The molecule has 1 amide bonds. The molecule has 1 aromatic rings. The molecule has 0 aliphatic carbocycles. The summed E-state index contributed by atoms with van der Waals surface area (Å²) in [6, 6.07) is 5.10. The lowest BCUT2D eigenvalue weighted by Gasteiger charge is -2.19. The largest absolute Gasteiger partial charge is 0.486 e. The number of benzene rings is 1. The van der Waals surface area contributed by atoms with Gasteiger partial charge in [0.05, 0.1) is 0 Å². The number of hydrogen-bond donors (Lipinski definition) is 1. The second kappa shape index (κ2) is 6.65. The molecule has 7 heteroatoms. The van der Waals surface area contributed by atoms with E-state index < -0.39 is 18.0 Å². The summed E-state index contributed by atoms with van der Waals surface area (Å²) in [5, 5.41) is 2.65. The van der Waals surface area contributed by atoms with Crippen molar-refractivity contribution < 1.29 is 28.5 Å². The third-order valence-electron chi connectivity index (χ3n) is 3.36. The van der Waals surface area contributed by atoms with Gasteiger partial charge in [-0.1, -0.05) is 0 Å². The fraction of sp³-hybridized carbons (Fsp3) is 0.467. The number of esters is 1. The van der Waals surface area contributed by atoms with Crippen molar-refractivity contribution in [3.63, 3.8) is 0 Å². The maximum absolute atomic E-state index is 11.8. The third kappa shape index (κ3) is 3.48. The standard InChI is InChI=1S/C15H17NO6/c17-14(9-22-15(18)12-2-1-5-19-12)16-10-3-4-11-13(8-10)21-7-6-20-11/h3-4,8,12H,1-2,5-7,9H2,(H,16,17)/t12-/m1/s1. The van der Waals surface area contributed by atoms with Crippen molar-refractivity contribution in [3.8, 4) is 11.5 Å². The molecule has 2 aliphatic heterocycles. The topological polar surface area (TPSA) is 83.1 Å². The summed E-state index contributed by atoms with van der Waals surface area (Å²) in [6.07, 6.45) is 0.938. The second-order valence-corrected chi connectivity index (χ2v) is 5.02. The van der Waals surface area contributed by atoms with E-state index in [2.05, 4.69) is 5.32 Å². The van der Waals surface area contributed by atoms with Crippen LogP contribution in [0.4, 0.5) is 5.69 Å². The van der Waals surface area contributed by atoms with Crippen LogP contribution in [0.5, 0.6) is 11.5 Å². The molecule has 118 valence electrons. The summed E-state index contributed by atoms with van der Waals surface area (Å²) in [7, 11) is 0. The van der Waals surface area contributed by atoms with Gasteiger partial charge in [-0.15, -0.1) is 0 Å². The van der Waals surface area contributed by atoms with Crippen molar-refractivity contribution in [1.82, 2.24) is 0 Å². The van der Waals surface area contributed by atoms with Crippen LogP contribution in [0.1, 0.15) is 12.8 Å². The van der Waals surface area contributed by atoms with Gasteiger partial charge in [-0.05, 0) is 25.0 Å². The number of anilines is 1. The van der Waals surface area contributed by atoms with Crippen molar-refractivity contribution in [2.75, 3.05) is 31.7 Å². The number of nitrogens with one attached hydrogen (secondary N) is 1. The van der Waals surface area contributed by atoms with E-state index in [1.165, 1.54) is 0 Å². The van der Waals surface area contributed by atoms with Crippen LogP contribution >= 0.6 is 0 Å². The molecule has 0 spiro atoms. The smallest absolute Gasteiger partial charge is 0.335 e. The lowest BCUT2D eigenvalue weighted by Crippen LogP contribution is -2.27. The van der Waals surface area contributed by atoms with E-state index in [4.69, 9.17) is 18.9 Å². The van der Waals surface area contributed by atoms with Gasteiger partial charge in [0, 0.05) is 18.4 Å². The average molecular weight is 307 g/mol. The maximum Gasteiger partial charge on any atom is 0.335 e. The zero-order valence-corrected chi connectivity index (χ0v) is 12.0. The molecule has 2 aliphatic rings. The summed E-state index contributed by atoms with van der Waals surface area (Å²) < 4.78 is 21.0. The summed E-state index contributed by atoms with van der Waals surface area (Å²) in [6.45, 7) is 1.21. The Bertz CT molecular complexity index is 567. The average Bonchev–Trinajstić information content (AvgIpc) is 3.07. The minimum atomic E-state index is -0.540. The first kappa shape index (κ1) is 14.6. The van der Waals surface area contributed by atoms with E-state index >= 15 is 0 Å². The van der Waals surface area contributed by atoms with Crippen molar-refractivity contribution in [3.05, 3.63) is 18.2 Å². The van der Waals surface area contributed by atoms with Crippen molar-refractivity contribution >= 4 is 17.6 Å². The highest BCUT2D eigenvalue weighted by Crippen LogP contribution is 2.32. The van der Waals surface area contributed by atoms with Crippen LogP contribution in [0.3, 0.4) is 0 Å². The highest BCUT2D eigenvalue weighted by molar-refractivity contribution is 5.93. The molecule has 2 heterocycles. The van der Waals surface area contributed by atoms with Crippen LogP contribution in [0.15, 0.2) is 18.2 Å². The molecule has 1 saturated heterocycles. The Morgan fingerprint density at radius 1 is 1.18 bits per heavy atom. The van der Waals surface area contributed by atoms with Gasteiger partial charge in [0.15, 0.2) is 24.2 Å². The van der Waals surface area contributed by atoms with Gasteiger partial charge >= 0.3 is 5.97 Å². The lowest BCUT2D eigenvalue weighted by atomic mass is 10.2. The highest BCUT2D eigenvalue weighted by atomic mass is 16.6. The van der Waals surface area contributed by atoms with Crippen LogP contribution in [-0.2, 0) is 19.1 Å². The zero-order valence-electron chi connectivity index (χ0n) is 12.0. The molecule has 1 N–H and O–H groups in total. The molecule has 0 unspecified atom stereocenters. The van der Waals surface area contributed by atoms with Crippen LogP contribution in [0, 0.1) is 0 Å². The number of hydrogen-bond acceptors (Lipinski definition) is 6. The van der Waals surface area contributed by atoms with E-state index in [1.54, 1.807) is 18.2 Å². The van der Waals surface area contributed by atoms with Crippen LogP contribution in [-0.4, -0.2) is 44.4 Å². The summed E-state index contributed by atoms with van der Waals surface area (Å²) in [5.41, 5.74) is 0.558. The quantitative estimate of drug-likeness (QED) is 0.839. The summed E-state index contributed by atoms with van der Waals surface area (Å²) in [5.74, 6) is 0.326. The minimum Gasteiger partial charge on any atom is -0.486 e. The number of rotatable bonds is 4. The van der Waals surface area contributed by atoms with Gasteiger partial charge in [0.25, 0.3) is 5.91 Å². The lowest BCUT2D eigenvalue weighted by molar-refractivity contribution is -0.156. The molecule has 0 saturated carbocycles. The van der Waals surface area contributed by atoms with Gasteiger partial charge in [0.1, 0.15) is 13.2 Å². The first-order chi connectivity index (χ1) is 10.7. The minimum absolute atomic E-state index is 0.340. The third-order valence-corrected chi connectivity index (χ3v) is 3.36. The molecule has 0 bridgehead atoms. The Morgan fingerprint density at radius 3 is 2.77 bits per heavy atom. The fourth-order valence-corrected chi connectivity index (χ4v) is 2.31. The SMILES string of the molecule is O=C(COC(=O)[C@H]1CCCO1)Nc1ccc2c(c1)OCCO2. The van der Waals surface area contributed by atoms with Gasteiger partial charge in [-0.2, -0.15) is 0 Å². The number of amides is 1. The normalized spacial score (nSPS) is 19.5. The van der Waals surface area contributed by atoms with E-state index in [0.29, 0.717) is 43.4 Å². The Hall–Kier alpha value is -2.28. The molecule has 7 nitrogen and oxygen atoms in total. The van der Waals surface area contributed by atoms with Crippen molar-refractivity contribution in [2.45, 2.75) is 18.9 Å². The van der Waals surface area contributed by atoms with Crippen molar-refractivity contribution in [1.29, 1.82) is 0 Å². The predicted octanol–water partition coefficient (Wildman–Crippen LogP) is 1.12. The van der Waals surface area contributed by atoms with Crippen molar-refractivity contribution in [2.24, 2.45) is 0 Å². The molecule has 3 rings (SSSR count). The Labute approximate surface area is 127 Å². The van der Waals surface area contributed by atoms with Crippen LogP contribution < -0.4 is 14.8 Å². The fourth-order valence-electron chi connectivity index (χ4n) is 2.31. The van der Waals surface area contributed by atoms with E-state index in [0.717, 1.165) is 6.42 Å². The molecule has 1 aromatic carbocycles. The molecule has 1 atom stereocenters. The Morgan fingerprint density at radius 2 is 2.00 bits per heavy atom. The molecular formula is C15H17NO6. The number of fused-ring (bicyclic) bond motifs is 1. The predicted molar refractivity (Wildman–Crippen MR) is 76.0 cm³/mol. The molecule has 1 fully saturated rings. The first-order valence-corrected chi connectivity index (χ1v) is 7.20. The second-order valence-electron chi connectivity index (χ2n) is 5.02. The maximum atomic E-state index is 11.8. The van der Waals surface area contributed by atoms with E-state index in [9.17, 15) is 9.59 Å². The number of ether oxygens (including phenoxy) is 4. The Balaban J connectivity index is 1.50. The van der Waals surface area contributed by atoms with Gasteiger partial charge < -0.3 is 24.3 Å². The first-order valence-electron chi connectivity index (χ1n) is 7.20.